The Balaban J connectivity index is 1.83. The van der Waals surface area contributed by atoms with E-state index in [0.717, 1.165) is 25.2 Å². The van der Waals surface area contributed by atoms with E-state index in [-0.39, 0.29) is 11.9 Å². The predicted octanol–water partition coefficient (Wildman–Crippen LogP) is 2.41. The summed E-state index contributed by atoms with van der Waals surface area (Å²) >= 11 is 0. The van der Waals surface area contributed by atoms with E-state index < -0.39 is 0 Å². The lowest BCUT2D eigenvalue weighted by Crippen LogP contribution is -2.34. The minimum atomic E-state index is -0.154. The van der Waals surface area contributed by atoms with Crippen molar-refractivity contribution in [3.05, 3.63) is 42.0 Å². The summed E-state index contributed by atoms with van der Waals surface area (Å²) in [6.45, 7) is 7.57. The maximum atomic E-state index is 12.3. The van der Waals surface area contributed by atoms with Crippen LogP contribution >= 0.6 is 0 Å². The van der Waals surface area contributed by atoms with E-state index in [1.807, 2.05) is 54.7 Å². The van der Waals surface area contributed by atoms with Gasteiger partial charge in [0.2, 0.25) is 5.91 Å². The van der Waals surface area contributed by atoms with Crippen molar-refractivity contribution < 1.29 is 4.79 Å². The Hall–Kier alpha value is -2.04. The summed E-state index contributed by atoms with van der Waals surface area (Å²) in [5.41, 5.74) is 2.21. The molecule has 5 nitrogen and oxygen atoms in total. The number of likely N-dealkylation sites (N-methyl/N-ethyl adjacent to an activating group) is 1. The molecule has 2 aromatic heterocycles. The standard InChI is InChI=1S/C16H24N4O/c1-13-12-14(2)20(17-13)11-7-8-18(4)16(21)15(3)19-9-5-6-10-19/h5-6,9-10,12,15H,7-8,11H2,1-4H3. The normalized spacial score (nSPS) is 12.4. The summed E-state index contributed by atoms with van der Waals surface area (Å²) in [5, 5.41) is 4.44. The lowest BCUT2D eigenvalue weighted by atomic mass is 10.2. The summed E-state index contributed by atoms with van der Waals surface area (Å²) in [4.78, 5) is 14.1. The van der Waals surface area contributed by atoms with E-state index in [0.29, 0.717) is 0 Å². The highest BCUT2D eigenvalue weighted by Gasteiger charge is 2.17. The van der Waals surface area contributed by atoms with E-state index in [2.05, 4.69) is 18.1 Å². The Bertz CT molecular complexity index is 585. The van der Waals surface area contributed by atoms with E-state index in [1.165, 1.54) is 5.69 Å². The van der Waals surface area contributed by atoms with Gasteiger partial charge in [-0.2, -0.15) is 5.10 Å². The highest BCUT2D eigenvalue weighted by Crippen LogP contribution is 2.10. The molecule has 0 spiro atoms. The van der Waals surface area contributed by atoms with Crippen LogP contribution < -0.4 is 0 Å². The fourth-order valence-electron chi connectivity index (χ4n) is 2.52. The van der Waals surface area contributed by atoms with Crippen molar-refractivity contribution in [3.8, 4) is 0 Å². The molecule has 1 unspecified atom stereocenters. The summed E-state index contributed by atoms with van der Waals surface area (Å²) < 4.78 is 3.93. The highest BCUT2D eigenvalue weighted by molar-refractivity contribution is 5.79. The fraction of sp³-hybridized carbons (Fsp3) is 0.500. The van der Waals surface area contributed by atoms with E-state index in [4.69, 9.17) is 0 Å². The molecule has 0 aliphatic heterocycles. The van der Waals surface area contributed by atoms with Crippen LogP contribution in [-0.2, 0) is 11.3 Å². The molecular formula is C16H24N4O. The van der Waals surface area contributed by atoms with Gasteiger partial charge in [-0.3, -0.25) is 9.48 Å². The molecule has 114 valence electrons. The number of rotatable bonds is 6. The van der Waals surface area contributed by atoms with Gasteiger partial charge in [0, 0.05) is 38.2 Å². The average molecular weight is 288 g/mol. The molecule has 21 heavy (non-hydrogen) atoms. The minimum Gasteiger partial charge on any atom is -0.344 e. The van der Waals surface area contributed by atoms with Gasteiger partial charge in [0.05, 0.1) is 5.69 Å². The van der Waals surface area contributed by atoms with Crippen LogP contribution in [-0.4, -0.2) is 38.7 Å². The quantitative estimate of drug-likeness (QED) is 0.819. The maximum Gasteiger partial charge on any atom is 0.245 e. The number of carbonyl (C=O) groups is 1. The molecule has 0 saturated carbocycles. The number of hydrogen-bond acceptors (Lipinski definition) is 2. The van der Waals surface area contributed by atoms with Crippen molar-refractivity contribution >= 4 is 5.91 Å². The predicted molar refractivity (Wildman–Crippen MR) is 83.1 cm³/mol. The average Bonchev–Trinajstić information content (AvgIpc) is 3.07. The molecular weight excluding hydrogens is 264 g/mol. The van der Waals surface area contributed by atoms with Gasteiger partial charge in [0.15, 0.2) is 0 Å². The Morgan fingerprint density at radius 2 is 2.00 bits per heavy atom. The first-order valence-corrected chi connectivity index (χ1v) is 7.37. The van der Waals surface area contributed by atoms with Crippen LogP contribution in [0.5, 0.6) is 0 Å². The first-order valence-electron chi connectivity index (χ1n) is 7.37. The minimum absolute atomic E-state index is 0.138. The van der Waals surface area contributed by atoms with Crippen LogP contribution in [0.2, 0.25) is 0 Å². The molecule has 0 aromatic carbocycles. The van der Waals surface area contributed by atoms with E-state index in [9.17, 15) is 4.79 Å². The second-order valence-corrected chi connectivity index (χ2v) is 5.57. The second-order valence-electron chi connectivity index (χ2n) is 5.57. The number of aryl methyl sites for hydroxylation is 3. The Morgan fingerprint density at radius 1 is 1.33 bits per heavy atom. The second kappa shape index (κ2) is 6.61. The van der Waals surface area contributed by atoms with Gasteiger partial charge in [-0.15, -0.1) is 0 Å². The van der Waals surface area contributed by atoms with Crippen LogP contribution in [0.3, 0.4) is 0 Å². The lowest BCUT2D eigenvalue weighted by Gasteiger charge is -2.22. The topological polar surface area (TPSA) is 43.1 Å². The lowest BCUT2D eigenvalue weighted by molar-refractivity contribution is -0.133. The van der Waals surface area contributed by atoms with Crippen molar-refractivity contribution in [2.24, 2.45) is 0 Å². The third kappa shape index (κ3) is 3.74. The number of amides is 1. The zero-order chi connectivity index (χ0) is 15.4. The summed E-state index contributed by atoms with van der Waals surface area (Å²) in [6, 6.07) is 5.79. The SMILES string of the molecule is Cc1cc(C)n(CCCN(C)C(=O)C(C)n2cccc2)n1. The Kier molecular flexibility index (Phi) is 4.83. The van der Waals surface area contributed by atoms with Crippen LogP contribution in [0.4, 0.5) is 0 Å². The molecule has 5 heteroatoms. The Morgan fingerprint density at radius 3 is 2.57 bits per heavy atom. The number of carbonyl (C=O) groups excluding carboxylic acids is 1. The summed E-state index contributed by atoms with van der Waals surface area (Å²) in [5.74, 6) is 0.138. The van der Waals surface area contributed by atoms with Gasteiger partial charge in [-0.05, 0) is 45.4 Å². The third-order valence-corrected chi connectivity index (χ3v) is 3.78. The van der Waals surface area contributed by atoms with Crippen molar-refractivity contribution in [1.29, 1.82) is 0 Å². The summed E-state index contributed by atoms with van der Waals surface area (Å²) in [6.07, 6.45) is 4.75. The molecule has 0 saturated heterocycles. The van der Waals surface area contributed by atoms with Crippen molar-refractivity contribution in [2.75, 3.05) is 13.6 Å². The molecule has 0 aliphatic rings. The van der Waals surface area contributed by atoms with Crippen LogP contribution in [0.15, 0.2) is 30.6 Å². The van der Waals surface area contributed by atoms with Crippen molar-refractivity contribution in [3.63, 3.8) is 0 Å². The smallest absolute Gasteiger partial charge is 0.245 e. The van der Waals surface area contributed by atoms with Gasteiger partial charge >= 0.3 is 0 Å². The molecule has 0 bridgehead atoms. The molecule has 2 heterocycles. The zero-order valence-electron chi connectivity index (χ0n) is 13.3. The first-order chi connectivity index (χ1) is 9.99. The molecule has 2 rings (SSSR count). The Labute approximate surface area is 126 Å². The summed E-state index contributed by atoms with van der Waals surface area (Å²) in [7, 11) is 1.86. The zero-order valence-corrected chi connectivity index (χ0v) is 13.3. The molecule has 0 aliphatic carbocycles. The van der Waals surface area contributed by atoms with Crippen LogP contribution in [0.25, 0.3) is 0 Å². The molecule has 0 fully saturated rings. The van der Waals surface area contributed by atoms with Gasteiger partial charge in [-0.25, -0.2) is 0 Å². The van der Waals surface area contributed by atoms with Crippen molar-refractivity contribution in [2.45, 2.75) is 39.8 Å². The molecule has 2 aromatic rings. The number of hydrogen-bond donors (Lipinski definition) is 0. The van der Waals surface area contributed by atoms with Crippen LogP contribution in [0, 0.1) is 13.8 Å². The first kappa shape index (κ1) is 15.4. The van der Waals surface area contributed by atoms with Gasteiger partial charge in [0.1, 0.15) is 6.04 Å². The number of aromatic nitrogens is 3. The van der Waals surface area contributed by atoms with Gasteiger partial charge in [-0.1, -0.05) is 0 Å². The monoisotopic (exact) mass is 288 g/mol. The fourth-order valence-corrected chi connectivity index (χ4v) is 2.52. The molecule has 0 radical (unpaired) electrons. The third-order valence-electron chi connectivity index (χ3n) is 3.78. The van der Waals surface area contributed by atoms with Crippen molar-refractivity contribution in [1.82, 2.24) is 19.2 Å². The highest BCUT2D eigenvalue weighted by atomic mass is 16.2. The van der Waals surface area contributed by atoms with E-state index in [1.54, 1.807) is 4.90 Å². The van der Waals surface area contributed by atoms with E-state index >= 15 is 0 Å². The van der Waals surface area contributed by atoms with Gasteiger partial charge in [0.25, 0.3) is 0 Å². The number of nitrogens with zero attached hydrogens (tertiary/aromatic N) is 4. The van der Waals surface area contributed by atoms with Crippen LogP contribution in [0.1, 0.15) is 30.8 Å². The maximum absolute atomic E-state index is 12.3. The molecule has 1 atom stereocenters. The molecule has 0 N–H and O–H groups in total. The largest absolute Gasteiger partial charge is 0.344 e. The van der Waals surface area contributed by atoms with Gasteiger partial charge < -0.3 is 9.47 Å². The molecule has 1 amide bonds.